The molecule has 96 valence electrons. The lowest BCUT2D eigenvalue weighted by molar-refractivity contribution is 0.0803. The Balaban J connectivity index is 1.65. The topological polar surface area (TPSA) is 46.8 Å². The first-order chi connectivity index (χ1) is 8.83. The Morgan fingerprint density at radius 3 is 3.22 bits per heavy atom. The van der Waals surface area contributed by atoms with Crippen molar-refractivity contribution in [2.75, 3.05) is 6.61 Å². The molecule has 0 spiro atoms. The van der Waals surface area contributed by atoms with E-state index in [2.05, 4.69) is 4.98 Å². The molecule has 0 radical (unpaired) electrons. The third-order valence-electron chi connectivity index (χ3n) is 3.51. The maximum Gasteiger partial charge on any atom is 0.137 e. The van der Waals surface area contributed by atoms with E-state index < -0.39 is 6.10 Å². The summed E-state index contributed by atoms with van der Waals surface area (Å²) in [5.74, 6) is 0. The lowest BCUT2D eigenvalue weighted by atomic mass is 10.1. The van der Waals surface area contributed by atoms with Gasteiger partial charge in [-0.2, -0.15) is 0 Å². The summed E-state index contributed by atoms with van der Waals surface area (Å²) in [4.78, 5) is 4.43. The average molecular weight is 246 g/mol. The Kier molecular flexibility index (Phi) is 3.30. The molecule has 1 aliphatic heterocycles. The summed E-state index contributed by atoms with van der Waals surface area (Å²) >= 11 is 0. The van der Waals surface area contributed by atoms with Gasteiger partial charge in [0.05, 0.1) is 17.9 Å². The standard InChI is InChI=1S/C14H18N2O2/c17-13(7-6-11-4-3-9-18-11)12-10-16-8-2-1-5-14(16)15-12/h1-2,5,8,10-11,13,17H,3-4,6-7,9H2. The predicted molar refractivity (Wildman–Crippen MR) is 68.4 cm³/mol. The van der Waals surface area contributed by atoms with Crippen molar-refractivity contribution < 1.29 is 9.84 Å². The summed E-state index contributed by atoms with van der Waals surface area (Å²) in [7, 11) is 0. The van der Waals surface area contributed by atoms with Crippen molar-refractivity contribution in [3.05, 3.63) is 36.3 Å². The molecule has 1 aliphatic rings. The molecule has 4 heteroatoms. The molecule has 0 saturated carbocycles. The first-order valence-electron chi connectivity index (χ1n) is 6.56. The number of fused-ring (bicyclic) bond motifs is 1. The molecule has 0 bridgehead atoms. The van der Waals surface area contributed by atoms with Gasteiger partial charge in [-0.15, -0.1) is 0 Å². The Morgan fingerprint density at radius 1 is 1.50 bits per heavy atom. The van der Waals surface area contributed by atoms with E-state index in [1.165, 1.54) is 0 Å². The zero-order chi connectivity index (χ0) is 12.4. The maximum atomic E-state index is 10.2. The summed E-state index contributed by atoms with van der Waals surface area (Å²) in [5.41, 5.74) is 1.63. The first-order valence-corrected chi connectivity index (χ1v) is 6.56. The predicted octanol–water partition coefficient (Wildman–Crippen LogP) is 2.33. The summed E-state index contributed by atoms with van der Waals surface area (Å²) in [6.07, 6.45) is 7.58. The second kappa shape index (κ2) is 5.08. The van der Waals surface area contributed by atoms with E-state index in [1.807, 2.05) is 35.0 Å². The third kappa shape index (κ3) is 2.40. The van der Waals surface area contributed by atoms with Gasteiger partial charge in [0.25, 0.3) is 0 Å². The van der Waals surface area contributed by atoms with Crippen molar-refractivity contribution in [2.24, 2.45) is 0 Å². The fourth-order valence-electron chi connectivity index (χ4n) is 2.48. The van der Waals surface area contributed by atoms with E-state index in [4.69, 9.17) is 4.74 Å². The Hall–Kier alpha value is -1.39. The number of aliphatic hydroxyl groups excluding tert-OH is 1. The average Bonchev–Trinajstić information content (AvgIpc) is 3.04. The highest BCUT2D eigenvalue weighted by atomic mass is 16.5. The number of aliphatic hydroxyl groups is 1. The van der Waals surface area contributed by atoms with Gasteiger partial charge < -0.3 is 14.2 Å². The van der Waals surface area contributed by atoms with Crippen LogP contribution in [0.15, 0.2) is 30.6 Å². The molecule has 2 unspecified atom stereocenters. The highest BCUT2D eigenvalue weighted by molar-refractivity contribution is 5.39. The second-order valence-electron chi connectivity index (χ2n) is 4.86. The number of pyridine rings is 1. The van der Waals surface area contributed by atoms with Crippen LogP contribution in [0.4, 0.5) is 0 Å². The molecule has 1 N–H and O–H groups in total. The summed E-state index contributed by atoms with van der Waals surface area (Å²) < 4.78 is 7.50. The van der Waals surface area contributed by atoms with Crippen LogP contribution in [0.2, 0.25) is 0 Å². The van der Waals surface area contributed by atoms with Gasteiger partial charge in [0.1, 0.15) is 5.65 Å². The number of ether oxygens (including phenoxy) is 1. The Bertz CT molecular complexity index is 484. The fraction of sp³-hybridized carbons (Fsp3) is 0.500. The SMILES string of the molecule is OC(CCC1CCCO1)c1cn2ccccc2n1. The van der Waals surface area contributed by atoms with E-state index >= 15 is 0 Å². The second-order valence-corrected chi connectivity index (χ2v) is 4.86. The highest BCUT2D eigenvalue weighted by Crippen LogP contribution is 2.23. The van der Waals surface area contributed by atoms with Crippen molar-refractivity contribution in [1.29, 1.82) is 0 Å². The van der Waals surface area contributed by atoms with Crippen LogP contribution in [0.3, 0.4) is 0 Å². The van der Waals surface area contributed by atoms with Crippen LogP contribution in [0, 0.1) is 0 Å². The normalized spacial score (nSPS) is 21.5. The molecule has 1 saturated heterocycles. The van der Waals surface area contributed by atoms with Crippen molar-refractivity contribution in [3.63, 3.8) is 0 Å². The van der Waals surface area contributed by atoms with Gasteiger partial charge in [-0.1, -0.05) is 6.07 Å². The smallest absolute Gasteiger partial charge is 0.137 e. The zero-order valence-electron chi connectivity index (χ0n) is 10.3. The van der Waals surface area contributed by atoms with Crippen LogP contribution in [-0.2, 0) is 4.74 Å². The number of hydrogen-bond donors (Lipinski definition) is 1. The third-order valence-corrected chi connectivity index (χ3v) is 3.51. The van der Waals surface area contributed by atoms with E-state index in [-0.39, 0.29) is 0 Å². The lowest BCUT2D eigenvalue weighted by Crippen LogP contribution is -2.08. The number of hydrogen-bond acceptors (Lipinski definition) is 3. The highest BCUT2D eigenvalue weighted by Gasteiger charge is 2.18. The molecule has 3 rings (SSSR count). The minimum atomic E-state index is -0.492. The molecular weight excluding hydrogens is 228 g/mol. The zero-order valence-corrected chi connectivity index (χ0v) is 10.3. The molecule has 18 heavy (non-hydrogen) atoms. The van der Waals surface area contributed by atoms with Gasteiger partial charge in [0.2, 0.25) is 0 Å². The minimum Gasteiger partial charge on any atom is -0.387 e. The molecule has 0 aliphatic carbocycles. The van der Waals surface area contributed by atoms with Gasteiger partial charge in [0.15, 0.2) is 0 Å². The summed E-state index contributed by atoms with van der Waals surface area (Å²) in [6.45, 7) is 0.870. The molecule has 0 amide bonds. The van der Waals surface area contributed by atoms with E-state index in [0.29, 0.717) is 12.5 Å². The molecule has 2 aromatic rings. The van der Waals surface area contributed by atoms with Gasteiger partial charge in [0, 0.05) is 19.0 Å². The van der Waals surface area contributed by atoms with Crippen LogP contribution in [0.25, 0.3) is 5.65 Å². The van der Waals surface area contributed by atoms with Crippen LogP contribution in [0.1, 0.15) is 37.5 Å². The van der Waals surface area contributed by atoms with Gasteiger partial charge in [-0.3, -0.25) is 0 Å². The van der Waals surface area contributed by atoms with Crippen molar-refractivity contribution in [3.8, 4) is 0 Å². The van der Waals surface area contributed by atoms with Gasteiger partial charge in [-0.05, 0) is 37.8 Å². The molecule has 2 aromatic heterocycles. The number of aromatic nitrogens is 2. The molecule has 4 nitrogen and oxygen atoms in total. The quantitative estimate of drug-likeness (QED) is 0.900. The summed E-state index contributed by atoms with van der Waals surface area (Å²) in [6, 6.07) is 5.85. The number of rotatable bonds is 4. The molecular formula is C14H18N2O2. The van der Waals surface area contributed by atoms with Crippen LogP contribution < -0.4 is 0 Å². The van der Waals surface area contributed by atoms with E-state index in [1.54, 1.807) is 0 Å². The van der Waals surface area contributed by atoms with Gasteiger partial charge >= 0.3 is 0 Å². The molecule has 3 heterocycles. The fourth-order valence-corrected chi connectivity index (χ4v) is 2.48. The maximum absolute atomic E-state index is 10.2. The van der Waals surface area contributed by atoms with E-state index in [9.17, 15) is 5.11 Å². The molecule has 2 atom stereocenters. The lowest BCUT2D eigenvalue weighted by Gasteiger charge is -2.11. The van der Waals surface area contributed by atoms with E-state index in [0.717, 1.165) is 37.2 Å². The van der Waals surface area contributed by atoms with Crippen LogP contribution >= 0.6 is 0 Å². The largest absolute Gasteiger partial charge is 0.387 e. The summed E-state index contributed by atoms with van der Waals surface area (Å²) in [5, 5.41) is 10.2. The number of nitrogens with zero attached hydrogens (tertiary/aromatic N) is 2. The Labute approximate surface area is 106 Å². The Morgan fingerprint density at radius 2 is 2.44 bits per heavy atom. The monoisotopic (exact) mass is 246 g/mol. The van der Waals surface area contributed by atoms with Crippen molar-refractivity contribution in [2.45, 2.75) is 37.9 Å². The minimum absolute atomic E-state index is 0.330. The molecule has 0 aromatic carbocycles. The van der Waals surface area contributed by atoms with Crippen LogP contribution in [0.5, 0.6) is 0 Å². The van der Waals surface area contributed by atoms with Crippen molar-refractivity contribution in [1.82, 2.24) is 9.38 Å². The number of imidazole rings is 1. The van der Waals surface area contributed by atoms with Crippen molar-refractivity contribution >= 4 is 5.65 Å². The van der Waals surface area contributed by atoms with Gasteiger partial charge in [-0.25, -0.2) is 4.98 Å². The first kappa shape index (κ1) is 11.7. The van der Waals surface area contributed by atoms with Crippen LogP contribution in [-0.4, -0.2) is 27.2 Å². The molecule has 1 fully saturated rings.